The van der Waals surface area contributed by atoms with E-state index in [1.54, 1.807) is 53.5 Å². The summed E-state index contributed by atoms with van der Waals surface area (Å²) in [4.78, 5) is 0.0895. The third-order valence-corrected chi connectivity index (χ3v) is 5.26. The fourth-order valence-electron chi connectivity index (χ4n) is 2.41. The molecule has 0 amide bonds. The van der Waals surface area contributed by atoms with Gasteiger partial charge >= 0.3 is 0 Å². The fraction of sp³-hybridized carbons (Fsp3) is 0. The van der Waals surface area contributed by atoms with Crippen molar-refractivity contribution in [1.29, 1.82) is 0 Å². The SMILES string of the molecule is O=S(=O)(Nc1noc2cccc(Cl)c12)c1ccc(-n2cccn2)cc1. The second-order valence-corrected chi connectivity index (χ2v) is 7.28. The number of nitrogens with zero attached hydrogens (tertiary/aromatic N) is 3. The van der Waals surface area contributed by atoms with Crippen molar-refractivity contribution in [3.8, 4) is 5.69 Å². The van der Waals surface area contributed by atoms with E-state index in [-0.39, 0.29) is 10.7 Å². The van der Waals surface area contributed by atoms with Crippen molar-refractivity contribution in [3.63, 3.8) is 0 Å². The number of sulfonamides is 1. The van der Waals surface area contributed by atoms with Crippen LogP contribution in [0.1, 0.15) is 0 Å². The molecule has 0 aliphatic rings. The predicted molar refractivity (Wildman–Crippen MR) is 93.4 cm³/mol. The number of nitrogens with one attached hydrogen (secondary N) is 1. The number of halogens is 1. The summed E-state index contributed by atoms with van der Waals surface area (Å²) in [7, 11) is -3.84. The molecule has 1 N–H and O–H groups in total. The first kappa shape index (κ1) is 15.7. The third kappa shape index (κ3) is 2.86. The Hall–Kier alpha value is -2.84. The average Bonchev–Trinajstić information content (AvgIpc) is 3.26. The van der Waals surface area contributed by atoms with E-state index < -0.39 is 10.0 Å². The minimum absolute atomic E-state index is 0.0525. The van der Waals surface area contributed by atoms with E-state index in [1.807, 2.05) is 0 Å². The summed E-state index contributed by atoms with van der Waals surface area (Å²) in [5.41, 5.74) is 1.15. The van der Waals surface area contributed by atoms with Crippen LogP contribution in [0.3, 0.4) is 0 Å². The molecule has 0 unspecified atom stereocenters. The van der Waals surface area contributed by atoms with Gasteiger partial charge in [0.2, 0.25) is 0 Å². The van der Waals surface area contributed by atoms with E-state index in [9.17, 15) is 8.42 Å². The third-order valence-electron chi connectivity index (χ3n) is 3.59. The van der Waals surface area contributed by atoms with Gasteiger partial charge < -0.3 is 4.52 Å². The topological polar surface area (TPSA) is 90.0 Å². The summed E-state index contributed by atoms with van der Waals surface area (Å²) in [6, 6.07) is 13.1. The van der Waals surface area contributed by atoms with Gasteiger partial charge in [-0.2, -0.15) is 5.10 Å². The van der Waals surface area contributed by atoms with Crippen molar-refractivity contribution in [2.75, 3.05) is 4.72 Å². The molecular formula is C16H11ClN4O3S. The van der Waals surface area contributed by atoms with Gasteiger partial charge in [0.05, 0.1) is 21.0 Å². The van der Waals surface area contributed by atoms with Crippen molar-refractivity contribution < 1.29 is 12.9 Å². The molecule has 2 aromatic carbocycles. The molecule has 126 valence electrons. The standard InChI is InChI=1S/C16H11ClN4O3S/c17-13-3-1-4-14-15(13)16(19-24-14)20-25(22,23)12-7-5-11(6-8-12)21-10-2-9-18-21/h1-10H,(H,19,20). The molecule has 2 heterocycles. The summed E-state index contributed by atoms with van der Waals surface area (Å²) < 4.78 is 34.3. The largest absolute Gasteiger partial charge is 0.354 e. The summed E-state index contributed by atoms with van der Waals surface area (Å²) in [6.07, 6.45) is 3.41. The lowest BCUT2D eigenvalue weighted by molar-refractivity contribution is 0.460. The number of rotatable bonds is 4. The highest BCUT2D eigenvalue weighted by atomic mass is 35.5. The van der Waals surface area contributed by atoms with Crippen LogP contribution >= 0.6 is 11.6 Å². The van der Waals surface area contributed by atoms with Gasteiger partial charge in [0.25, 0.3) is 10.0 Å². The maximum absolute atomic E-state index is 12.6. The van der Waals surface area contributed by atoms with E-state index in [0.29, 0.717) is 16.0 Å². The van der Waals surface area contributed by atoms with Crippen LogP contribution in [0.5, 0.6) is 0 Å². The molecule has 0 fully saturated rings. The fourth-order valence-corrected chi connectivity index (χ4v) is 3.67. The first-order chi connectivity index (χ1) is 12.0. The van der Waals surface area contributed by atoms with Crippen LogP contribution in [0.25, 0.3) is 16.7 Å². The molecule has 9 heteroatoms. The molecular weight excluding hydrogens is 364 g/mol. The van der Waals surface area contributed by atoms with Gasteiger partial charge in [0, 0.05) is 12.4 Å². The van der Waals surface area contributed by atoms with Crippen molar-refractivity contribution in [3.05, 3.63) is 65.9 Å². The first-order valence-electron chi connectivity index (χ1n) is 7.21. The lowest BCUT2D eigenvalue weighted by Gasteiger charge is -2.07. The Balaban J connectivity index is 1.67. The van der Waals surface area contributed by atoms with Crippen LogP contribution in [0.15, 0.2) is 70.3 Å². The van der Waals surface area contributed by atoms with Crippen LogP contribution in [0.4, 0.5) is 5.82 Å². The van der Waals surface area contributed by atoms with Gasteiger partial charge in [-0.25, -0.2) is 13.1 Å². The molecule has 25 heavy (non-hydrogen) atoms. The zero-order valence-corrected chi connectivity index (χ0v) is 14.2. The number of anilines is 1. The molecule has 0 aliphatic heterocycles. The summed E-state index contributed by atoms with van der Waals surface area (Å²) >= 11 is 6.11. The Morgan fingerprint density at radius 3 is 2.60 bits per heavy atom. The highest BCUT2D eigenvalue weighted by Gasteiger charge is 2.20. The minimum atomic E-state index is -3.84. The Morgan fingerprint density at radius 2 is 1.88 bits per heavy atom. The van der Waals surface area contributed by atoms with E-state index in [4.69, 9.17) is 16.1 Å². The van der Waals surface area contributed by atoms with Gasteiger partial charge in [-0.3, -0.25) is 4.72 Å². The monoisotopic (exact) mass is 374 g/mol. The Labute approximate surface area is 147 Å². The minimum Gasteiger partial charge on any atom is -0.354 e. The van der Waals surface area contributed by atoms with Crippen LogP contribution in [0, 0.1) is 0 Å². The molecule has 4 aromatic rings. The van der Waals surface area contributed by atoms with Crippen molar-refractivity contribution in [2.24, 2.45) is 0 Å². The zero-order valence-electron chi connectivity index (χ0n) is 12.6. The van der Waals surface area contributed by atoms with Crippen LogP contribution in [-0.4, -0.2) is 23.4 Å². The van der Waals surface area contributed by atoms with Crippen LogP contribution < -0.4 is 4.72 Å². The highest BCUT2D eigenvalue weighted by Crippen LogP contribution is 2.31. The molecule has 0 saturated carbocycles. The van der Waals surface area contributed by atoms with Crippen molar-refractivity contribution in [1.82, 2.24) is 14.9 Å². The van der Waals surface area contributed by atoms with Crippen LogP contribution in [0.2, 0.25) is 5.02 Å². The van der Waals surface area contributed by atoms with Crippen molar-refractivity contribution in [2.45, 2.75) is 4.90 Å². The van der Waals surface area contributed by atoms with E-state index in [0.717, 1.165) is 5.69 Å². The maximum Gasteiger partial charge on any atom is 0.263 e. The summed E-state index contributed by atoms with van der Waals surface area (Å²) in [5.74, 6) is 0.0525. The smallest absolute Gasteiger partial charge is 0.263 e. The van der Waals surface area contributed by atoms with Gasteiger partial charge in [-0.15, -0.1) is 0 Å². The van der Waals surface area contributed by atoms with Gasteiger partial charge in [-0.1, -0.05) is 22.8 Å². The molecule has 0 bridgehead atoms. The Bertz CT molecular complexity index is 1140. The molecule has 4 rings (SSSR count). The summed E-state index contributed by atoms with van der Waals surface area (Å²) in [5, 5.41) is 8.63. The molecule has 0 spiro atoms. The number of fused-ring (bicyclic) bond motifs is 1. The lowest BCUT2D eigenvalue weighted by atomic mass is 10.2. The van der Waals surface area contributed by atoms with Gasteiger partial charge in [-0.05, 0) is 42.5 Å². The number of benzene rings is 2. The van der Waals surface area contributed by atoms with Crippen molar-refractivity contribution >= 4 is 38.4 Å². The van der Waals surface area contributed by atoms with Gasteiger partial charge in [0.1, 0.15) is 0 Å². The summed E-state index contributed by atoms with van der Waals surface area (Å²) in [6.45, 7) is 0. The lowest BCUT2D eigenvalue weighted by Crippen LogP contribution is -2.13. The molecule has 2 aromatic heterocycles. The van der Waals surface area contributed by atoms with E-state index >= 15 is 0 Å². The predicted octanol–water partition coefficient (Wildman–Crippen LogP) is 3.47. The highest BCUT2D eigenvalue weighted by molar-refractivity contribution is 7.92. The second kappa shape index (κ2) is 5.91. The maximum atomic E-state index is 12.6. The quantitative estimate of drug-likeness (QED) is 0.590. The molecule has 0 saturated heterocycles. The number of hydrogen-bond acceptors (Lipinski definition) is 5. The normalized spacial score (nSPS) is 11.7. The average molecular weight is 375 g/mol. The zero-order chi connectivity index (χ0) is 17.4. The van der Waals surface area contributed by atoms with Crippen LogP contribution in [-0.2, 0) is 10.0 Å². The van der Waals surface area contributed by atoms with E-state index in [2.05, 4.69) is 15.0 Å². The second-order valence-electron chi connectivity index (χ2n) is 5.19. The molecule has 0 radical (unpaired) electrons. The Kier molecular flexibility index (Phi) is 3.70. The molecule has 7 nitrogen and oxygen atoms in total. The Morgan fingerprint density at radius 1 is 1.08 bits per heavy atom. The van der Waals surface area contributed by atoms with E-state index in [1.165, 1.54) is 12.1 Å². The van der Waals surface area contributed by atoms with Gasteiger partial charge in [0.15, 0.2) is 11.4 Å². The first-order valence-corrected chi connectivity index (χ1v) is 9.07. The number of aromatic nitrogens is 3. The molecule has 0 atom stereocenters. The number of hydrogen-bond donors (Lipinski definition) is 1. The molecule has 0 aliphatic carbocycles.